The molecular weight excluding hydrogens is 255 g/mol. The van der Waals surface area contributed by atoms with Crippen molar-refractivity contribution in [2.75, 3.05) is 7.11 Å². The maximum absolute atomic E-state index is 11.0. The normalized spacial score (nSPS) is 9.89. The van der Waals surface area contributed by atoms with E-state index in [0.717, 1.165) is 0 Å². The number of hydrogen-bond acceptors (Lipinski definition) is 4. The zero-order valence-corrected chi connectivity index (χ0v) is 11.6. The quantitative estimate of drug-likeness (QED) is 0.673. The van der Waals surface area contributed by atoms with Gasteiger partial charge in [-0.2, -0.15) is 0 Å². The smallest absolute Gasteiger partial charge is 0.465 e. The number of carbonyl (C=O) groups is 1. The average molecular weight is 273 g/mol. The minimum Gasteiger partial charge on any atom is -0.465 e. The lowest BCUT2D eigenvalue weighted by atomic mass is 10.2. The van der Waals surface area contributed by atoms with Gasteiger partial charge in [0.1, 0.15) is 0 Å². The van der Waals surface area contributed by atoms with Crippen molar-refractivity contribution in [3.8, 4) is 5.75 Å². The fourth-order valence-electron chi connectivity index (χ4n) is 0.860. The Morgan fingerprint density at radius 3 is 2.06 bits per heavy atom. The predicted molar refractivity (Wildman–Crippen MR) is 68.8 cm³/mol. The van der Waals surface area contributed by atoms with E-state index in [1.54, 1.807) is 0 Å². The highest BCUT2D eigenvalue weighted by Crippen LogP contribution is 2.22. The van der Waals surface area contributed by atoms with Crippen LogP contribution in [0.1, 0.15) is 37.0 Å². The predicted octanol–water partition coefficient (Wildman–Crippen LogP) is 3.31. The Labute approximate surface area is 108 Å². The molecule has 0 aliphatic heterocycles. The monoisotopic (exact) mass is 273 g/mol. The SMILES string of the molecule is CCCC.COC(=O)c1ccc(O[P+](=O)O)cc1. The number of hydrogen-bond donors (Lipinski definition) is 1. The number of benzene rings is 1. The molecule has 1 aromatic carbocycles. The van der Waals surface area contributed by atoms with Crippen LogP contribution in [-0.4, -0.2) is 18.0 Å². The van der Waals surface area contributed by atoms with Crippen LogP contribution < -0.4 is 4.52 Å². The van der Waals surface area contributed by atoms with Crippen LogP contribution in [0.5, 0.6) is 5.75 Å². The van der Waals surface area contributed by atoms with Crippen LogP contribution in [0.2, 0.25) is 0 Å². The molecule has 0 spiro atoms. The molecule has 0 aliphatic carbocycles. The van der Waals surface area contributed by atoms with Gasteiger partial charge in [-0.3, -0.25) is 0 Å². The summed E-state index contributed by atoms with van der Waals surface area (Å²) in [5, 5.41) is 0. The van der Waals surface area contributed by atoms with Gasteiger partial charge < -0.3 is 4.74 Å². The lowest BCUT2D eigenvalue weighted by Gasteiger charge is -1.97. The van der Waals surface area contributed by atoms with Crippen molar-refractivity contribution in [2.24, 2.45) is 0 Å². The Balaban J connectivity index is 0.000000631. The maximum atomic E-state index is 11.0. The fraction of sp³-hybridized carbons (Fsp3) is 0.417. The largest absolute Gasteiger partial charge is 0.747 e. The lowest BCUT2D eigenvalue weighted by Crippen LogP contribution is -2.00. The minimum absolute atomic E-state index is 0.223. The highest BCUT2D eigenvalue weighted by Gasteiger charge is 2.14. The molecule has 100 valence electrons. The number of unbranched alkanes of at least 4 members (excludes halogenated alkanes) is 1. The first kappa shape index (κ1) is 16.6. The summed E-state index contributed by atoms with van der Waals surface area (Å²) in [4.78, 5) is 19.4. The van der Waals surface area contributed by atoms with E-state index in [-0.39, 0.29) is 5.75 Å². The van der Waals surface area contributed by atoms with Gasteiger partial charge in [0, 0.05) is 4.57 Å². The second-order valence-corrected chi connectivity index (χ2v) is 4.00. The maximum Gasteiger partial charge on any atom is 0.747 e. The van der Waals surface area contributed by atoms with Crippen LogP contribution in [0.25, 0.3) is 0 Å². The van der Waals surface area contributed by atoms with Gasteiger partial charge in [-0.15, -0.1) is 4.89 Å². The van der Waals surface area contributed by atoms with Gasteiger partial charge in [0.2, 0.25) is 0 Å². The number of esters is 1. The van der Waals surface area contributed by atoms with Gasteiger partial charge in [-0.05, 0) is 24.3 Å². The third-order valence-corrected chi connectivity index (χ3v) is 2.33. The van der Waals surface area contributed by atoms with Crippen molar-refractivity contribution in [3.05, 3.63) is 29.8 Å². The van der Waals surface area contributed by atoms with Crippen molar-refractivity contribution in [3.63, 3.8) is 0 Å². The van der Waals surface area contributed by atoms with Crippen LogP contribution in [0, 0.1) is 0 Å². The zero-order valence-electron chi connectivity index (χ0n) is 10.8. The molecule has 1 N–H and O–H groups in total. The molecule has 5 nitrogen and oxygen atoms in total. The molecule has 0 bridgehead atoms. The highest BCUT2D eigenvalue weighted by atomic mass is 31.1. The molecule has 1 rings (SSSR count). The minimum atomic E-state index is -2.67. The molecule has 0 amide bonds. The summed E-state index contributed by atoms with van der Waals surface area (Å²) in [6.07, 6.45) is 2.64. The molecule has 1 unspecified atom stereocenters. The van der Waals surface area contributed by atoms with Crippen LogP contribution in [-0.2, 0) is 9.30 Å². The molecule has 0 saturated carbocycles. The molecule has 0 radical (unpaired) electrons. The van der Waals surface area contributed by atoms with E-state index < -0.39 is 14.2 Å². The molecule has 18 heavy (non-hydrogen) atoms. The molecule has 0 aromatic heterocycles. The van der Waals surface area contributed by atoms with Gasteiger partial charge in [0.25, 0.3) is 0 Å². The van der Waals surface area contributed by atoms with Gasteiger partial charge >= 0.3 is 14.2 Å². The molecule has 0 heterocycles. The molecular formula is C12H18O5P+. The van der Waals surface area contributed by atoms with Crippen LogP contribution in [0.3, 0.4) is 0 Å². The topological polar surface area (TPSA) is 72.8 Å². The Hall–Kier alpha value is -1.45. The summed E-state index contributed by atoms with van der Waals surface area (Å²) in [7, 11) is -1.40. The third kappa shape index (κ3) is 6.99. The van der Waals surface area contributed by atoms with E-state index in [4.69, 9.17) is 4.89 Å². The summed E-state index contributed by atoms with van der Waals surface area (Å²) in [6.45, 7) is 4.36. The lowest BCUT2D eigenvalue weighted by molar-refractivity contribution is 0.0600. The van der Waals surface area contributed by atoms with Crippen molar-refractivity contribution in [1.29, 1.82) is 0 Å². The number of rotatable bonds is 4. The second kappa shape index (κ2) is 9.57. The van der Waals surface area contributed by atoms with E-state index in [2.05, 4.69) is 23.1 Å². The first-order chi connectivity index (χ1) is 8.54. The molecule has 0 fully saturated rings. The number of carbonyl (C=O) groups excluding carboxylic acids is 1. The van der Waals surface area contributed by atoms with E-state index in [1.807, 2.05) is 0 Å². The summed E-state index contributed by atoms with van der Waals surface area (Å²) in [6, 6.07) is 5.71. The average Bonchev–Trinajstić information content (AvgIpc) is 2.38. The zero-order chi connectivity index (χ0) is 14.0. The fourth-order valence-corrected chi connectivity index (χ4v) is 1.16. The van der Waals surface area contributed by atoms with Gasteiger partial charge in [0.05, 0.1) is 12.7 Å². The first-order valence-corrected chi connectivity index (χ1v) is 6.70. The van der Waals surface area contributed by atoms with Crippen LogP contribution in [0.15, 0.2) is 24.3 Å². The number of ether oxygens (including phenoxy) is 1. The summed E-state index contributed by atoms with van der Waals surface area (Å²) < 4.78 is 19.2. The molecule has 1 aromatic rings. The highest BCUT2D eigenvalue weighted by molar-refractivity contribution is 7.32. The molecule has 6 heteroatoms. The Kier molecular flexibility index (Phi) is 8.80. The van der Waals surface area contributed by atoms with Crippen molar-refractivity contribution in [1.82, 2.24) is 0 Å². The Morgan fingerprint density at radius 2 is 1.72 bits per heavy atom. The molecule has 1 atom stereocenters. The van der Waals surface area contributed by atoms with Gasteiger partial charge in [-0.1, -0.05) is 26.7 Å². The van der Waals surface area contributed by atoms with Gasteiger partial charge in [-0.25, -0.2) is 9.32 Å². The van der Waals surface area contributed by atoms with E-state index >= 15 is 0 Å². The summed E-state index contributed by atoms with van der Waals surface area (Å²) in [5.41, 5.74) is 0.355. The van der Waals surface area contributed by atoms with Crippen molar-refractivity contribution >= 4 is 14.2 Å². The summed E-state index contributed by atoms with van der Waals surface area (Å²) in [5.74, 6) is -0.244. The van der Waals surface area contributed by atoms with Crippen molar-refractivity contribution < 1.29 is 23.5 Å². The van der Waals surface area contributed by atoms with Gasteiger partial charge in [0.15, 0.2) is 5.75 Å². The van der Waals surface area contributed by atoms with E-state index in [9.17, 15) is 9.36 Å². The van der Waals surface area contributed by atoms with E-state index in [0.29, 0.717) is 5.56 Å². The second-order valence-electron chi connectivity index (χ2n) is 3.35. The van der Waals surface area contributed by atoms with Crippen LogP contribution in [0.4, 0.5) is 0 Å². The standard InChI is InChI=1S/C8H7O5P.C4H10/c1-12-8(9)6-2-4-7(5-3-6)13-14(10)11;1-3-4-2/h2-5H,1H3;3-4H2,1-2H3/p+1. The first-order valence-electron chi connectivity index (χ1n) is 5.57. The van der Waals surface area contributed by atoms with Crippen LogP contribution >= 0.6 is 8.25 Å². The van der Waals surface area contributed by atoms with Crippen molar-refractivity contribution in [2.45, 2.75) is 26.7 Å². The number of methoxy groups -OCH3 is 1. The Bertz CT molecular complexity index is 373. The summed E-state index contributed by atoms with van der Waals surface area (Å²) >= 11 is 0. The third-order valence-electron chi connectivity index (χ3n) is 1.96. The van der Waals surface area contributed by atoms with E-state index in [1.165, 1.54) is 44.2 Å². The molecule has 0 aliphatic rings. The Morgan fingerprint density at radius 1 is 1.22 bits per heavy atom. The molecule has 0 saturated heterocycles.